The van der Waals surface area contributed by atoms with E-state index < -0.39 is 0 Å². The Kier molecular flexibility index (Phi) is 5.19. The molecule has 2 N–H and O–H groups in total. The van der Waals surface area contributed by atoms with E-state index in [0.29, 0.717) is 16.7 Å². The fourth-order valence-electron chi connectivity index (χ4n) is 4.75. The number of hydrogen-bond acceptors (Lipinski definition) is 5. The summed E-state index contributed by atoms with van der Waals surface area (Å²) in [5.74, 6) is 1.07. The van der Waals surface area contributed by atoms with Crippen LogP contribution in [0.15, 0.2) is 53.3 Å². The zero-order valence-corrected chi connectivity index (χ0v) is 17.2. The summed E-state index contributed by atoms with van der Waals surface area (Å²) in [5, 5.41) is 3.65. The van der Waals surface area contributed by atoms with Crippen LogP contribution in [-0.2, 0) is 16.1 Å². The van der Waals surface area contributed by atoms with Gasteiger partial charge in [0.2, 0.25) is 5.91 Å². The molecule has 31 heavy (non-hydrogen) atoms. The lowest BCUT2D eigenvalue weighted by atomic mass is 9.86. The molecule has 7 heteroatoms. The van der Waals surface area contributed by atoms with Crippen molar-refractivity contribution in [2.45, 2.75) is 50.4 Å². The number of carbonyl (C=O) groups is 1. The van der Waals surface area contributed by atoms with Crippen LogP contribution in [0.1, 0.15) is 49.5 Å². The Morgan fingerprint density at radius 2 is 1.94 bits per heavy atom. The van der Waals surface area contributed by atoms with Gasteiger partial charge in [-0.2, -0.15) is 0 Å². The Morgan fingerprint density at radius 1 is 1.16 bits per heavy atom. The Morgan fingerprint density at radius 3 is 2.81 bits per heavy atom. The third kappa shape index (κ3) is 4.05. The summed E-state index contributed by atoms with van der Waals surface area (Å²) >= 11 is 0. The van der Waals surface area contributed by atoms with Gasteiger partial charge >= 0.3 is 0 Å². The summed E-state index contributed by atoms with van der Waals surface area (Å²) in [6, 6.07) is 14.9. The van der Waals surface area contributed by atoms with E-state index in [9.17, 15) is 9.59 Å². The number of para-hydroxylation sites is 2. The molecule has 2 aliphatic rings. The van der Waals surface area contributed by atoms with Crippen LogP contribution in [0.25, 0.3) is 10.9 Å². The van der Waals surface area contributed by atoms with Crippen molar-refractivity contribution in [1.82, 2.24) is 15.3 Å². The third-order valence-corrected chi connectivity index (χ3v) is 6.18. The van der Waals surface area contributed by atoms with Gasteiger partial charge in [0, 0.05) is 12.0 Å². The smallest absolute Gasteiger partial charge is 0.258 e. The van der Waals surface area contributed by atoms with E-state index in [0.717, 1.165) is 43.4 Å². The van der Waals surface area contributed by atoms with E-state index in [-0.39, 0.29) is 36.3 Å². The molecule has 1 atom stereocenters. The van der Waals surface area contributed by atoms with Crippen LogP contribution in [0.3, 0.4) is 0 Å². The van der Waals surface area contributed by atoms with Gasteiger partial charge in [-0.3, -0.25) is 9.59 Å². The van der Waals surface area contributed by atoms with Gasteiger partial charge in [-0.15, -0.1) is 0 Å². The monoisotopic (exact) mass is 419 g/mol. The number of nitrogens with zero attached hydrogens (tertiary/aromatic N) is 1. The minimum absolute atomic E-state index is 0.0573. The number of benzene rings is 2. The summed E-state index contributed by atoms with van der Waals surface area (Å²) in [4.78, 5) is 31.9. The van der Waals surface area contributed by atoms with Gasteiger partial charge in [-0.25, -0.2) is 4.98 Å². The van der Waals surface area contributed by atoms with Crippen LogP contribution in [0.5, 0.6) is 5.75 Å². The van der Waals surface area contributed by atoms with Crippen LogP contribution >= 0.6 is 0 Å². The van der Waals surface area contributed by atoms with Crippen LogP contribution in [-0.4, -0.2) is 28.1 Å². The topological polar surface area (TPSA) is 93.3 Å². The molecule has 1 aliphatic carbocycles. The first-order chi connectivity index (χ1) is 15.1. The Labute approximate surface area is 179 Å². The number of H-pyrrole nitrogens is 1. The summed E-state index contributed by atoms with van der Waals surface area (Å²) in [6.07, 6.45) is 5.12. The summed E-state index contributed by atoms with van der Waals surface area (Å²) in [7, 11) is 0. The van der Waals surface area contributed by atoms with Crippen molar-refractivity contribution < 1.29 is 14.3 Å². The maximum Gasteiger partial charge on any atom is 0.258 e. The maximum atomic E-state index is 12.6. The lowest BCUT2D eigenvalue weighted by Gasteiger charge is -2.40. The molecule has 160 valence electrons. The molecule has 0 saturated heterocycles. The van der Waals surface area contributed by atoms with Gasteiger partial charge < -0.3 is 19.8 Å². The van der Waals surface area contributed by atoms with Gasteiger partial charge in [0.15, 0.2) is 0 Å². The van der Waals surface area contributed by atoms with Crippen LogP contribution in [0.2, 0.25) is 0 Å². The van der Waals surface area contributed by atoms with Crippen molar-refractivity contribution in [1.29, 1.82) is 0 Å². The number of fused-ring (bicyclic) bond motifs is 2. The van der Waals surface area contributed by atoms with E-state index in [1.54, 1.807) is 18.2 Å². The fourth-order valence-corrected chi connectivity index (χ4v) is 4.75. The highest BCUT2D eigenvalue weighted by Crippen LogP contribution is 2.46. The summed E-state index contributed by atoms with van der Waals surface area (Å²) < 4.78 is 11.9. The number of ether oxygens (including phenoxy) is 2. The third-order valence-electron chi connectivity index (χ3n) is 6.18. The summed E-state index contributed by atoms with van der Waals surface area (Å²) in [6.45, 7) is -0.0507. The molecule has 1 amide bonds. The lowest BCUT2D eigenvalue weighted by Crippen LogP contribution is -2.44. The zero-order valence-electron chi connectivity index (χ0n) is 17.2. The van der Waals surface area contributed by atoms with E-state index in [2.05, 4.69) is 15.3 Å². The molecular weight excluding hydrogens is 394 g/mol. The average molecular weight is 419 g/mol. The molecule has 1 spiro atoms. The summed E-state index contributed by atoms with van der Waals surface area (Å²) in [5.41, 5.74) is 1.22. The molecule has 1 saturated carbocycles. The van der Waals surface area contributed by atoms with Gasteiger partial charge in [0.1, 0.15) is 30.4 Å². The number of amides is 1. The average Bonchev–Trinajstić information content (AvgIpc) is 3.21. The van der Waals surface area contributed by atoms with Crippen molar-refractivity contribution >= 4 is 16.8 Å². The molecule has 2 heterocycles. The van der Waals surface area contributed by atoms with Crippen molar-refractivity contribution in [3.63, 3.8) is 0 Å². The predicted octanol–water partition coefficient (Wildman–Crippen LogP) is 3.39. The largest absolute Gasteiger partial charge is 0.487 e. The van der Waals surface area contributed by atoms with Gasteiger partial charge in [0.05, 0.1) is 16.9 Å². The number of nitrogens with one attached hydrogen (secondary N) is 2. The molecule has 1 fully saturated rings. The molecule has 7 nitrogen and oxygen atoms in total. The molecule has 0 radical (unpaired) electrons. The molecule has 0 bridgehead atoms. The van der Waals surface area contributed by atoms with Crippen molar-refractivity contribution in [3.8, 4) is 5.75 Å². The number of aromatic amines is 1. The number of hydrogen-bond donors (Lipinski definition) is 2. The van der Waals surface area contributed by atoms with Gasteiger partial charge in [-0.05, 0) is 43.9 Å². The molecule has 2 aromatic carbocycles. The zero-order chi connectivity index (χ0) is 21.3. The normalized spacial score (nSPS) is 19.2. The first-order valence-corrected chi connectivity index (χ1v) is 10.7. The highest BCUT2D eigenvalue weighted by molar-refractivity contribution is 5.78. The minimum Gasteiger partial charge on any atom is -0.487 e. The van der Waals surface area contributed by atoms with Crippen molar-refractivity contribution in [2.24, 2.45) is 0 Å². The van der Waals surface area contributed by atoms with Crippen LogP contribution in [0, 0.1) is 0 Å². The minimum atomic E-state index is -0.214. The lowest BCUT2D eigenvalue weighted by molar-refractivity contribution is -0.127. The first kappa shape index (κ1) is 19.8. The Hall–Kier alpha value is -3.19. The second-order valence-corrected chi connectivity index (χ2v) is 8.38. The van der Waals surface area contributed by atoms with E-state index in [4.69, 9.17) is 9.47 Å². The second kappa shape index (κ2) is 8.15. The first-order valence-electron chi connectivity index (χ1n) is 10.7. The number of rotatable bonds is 5. The Balaban J connectivity index is 1.23. The molecule has 0 unspecified atom stereocenters. The number of carbonyl (C=O) groups excluding carboxylic acids is 1. The standard InChI is InChI=1S/C24H25N3O4/c28-22(15-30-14-21-25-18-9-3-1-8-17(18)23(29)27-21)26-19-13-24(11-5-6-12-24)31-20-10-4-2-7-16(19)20/h1-4,7-10,19H,5-6,11-15H2,(H,26,28)(H,25,27,29)/t19-/m0/s1. The Bertz CT molecular complexity index is 1170. The molecular formula is C24H25N3O4. The molecule has 1 aliphatic heterocycles. The quantitative estimate of drug-likeness (QED) is 0.661. The number of aromatic nitrogens is 2. The highest BCUT2D eigenvalue weighted by Gasteiger charge is 2.43. The SMILES string of the molecule is O=C(COCc1nc2ccccc2c(=O)[nH]1)N[C@H]1CC2(CCCC2)Oc2ccccc21. The maximum absolute atomic E-state index is 12.6. The molecule has 3 aromatic rings. The van der Waals surface area contributed by atoms with Gasteiger partial charge in [0.25, 0.3) is 5.56 Å². The van der Waals surface area contributed by atoms with Crippen molar-refractivity contribution in [3.05, 3.63) is 70.3 Å². The van der Waals surface area contributed by atoms with E-state index in [1.807, 2.05) is 30.3 Å². The van der Waals surface area contributed by atoms with E-state index in [1.165, 1.54) is 0 Å². The molecule has 1 aromatic heterocycles. The highest BCUT2D eigenvalue weighted by atomic mass is 16.5. The van der Waals surface area contributed by atoms with Crippen molar-refractivity contribution in [2.75, 3.05) is 6.61 Å². The van der Waals surface area contributed by atoms with Crippen LogP contribution in [0.4, 0.5) is 0 Å². The van der Waals surface area contributed by atoms with E-state index >= 15 is 0 Å². The predicted molar refractivity (Wildman–Crippen MR) is 116 cm³/mol. The molecule has 5 rings (SSSR count). The fraction of sp³-hybridized carbons (Fsp3) is 0.375. The van der Waals surface area contributed by atoms with Crippen LogP contribution < -0.4 is 15.6 Å². The second-order valence-electron chi connectivity index (χ2n) is 8.38. The van der Waals surface area contributed by atoms with Gasteiger partial charge in [-0.1, -0.05) is 30.3 Å².